The molecule has 2 aliphatic heterocycles. The second-order valence-corrected chi connectivity index (χ2v) is 10.1. The van der Waals surface area contributed by atoms with Crippen molar-refractivity contribution in [3.8, 4) is 0 Å². The number of aryl methyl sites for hydroxylation is 1. The molecule has 0 aliphatic carbocycles. The second-order valence-electron chi connectivity index (χ2n) is 8.64. The third kappa shape index (κ3) is 6.76. The van der Waals surface area contributed by atoms with Crippen LogP contribution in [0.2, 0.25) is 5.02 Å². The minimum atomic E-state index is 0. The molecule has 0 bridgehead atoms. The molecule has 0 aromatic carbocycles. The van der Waals surface area contributed by atoms with E-state index in [1.807, 2.05) is 25.1 Å². The van der Waals surface area contributed by atoms with Crippen molar-refractivity contribution in [1.82, 2.24) is 25.2 Å². The molecule has 0 saturated carbocycles. The van der Waals surface area contributed by atoms with Gasteiger partial charge in [0.2, 0.25) is 5.91 Å². The first-order valence-corrected chi connectivity index (χ1v) is 12.7. The standard InChI is InChI=1S/C24H27ClN6OS.2ClH/c1-15-2-4-20-23(28-15)18(19(25)13-27-20)8-11-31-9-6-16(7-10-31)26-12-17-3-5-21-24(29-17)30-22(32)14-33-21;;/h2-5,13,16,26H,6-12,14H2,1H3,(H,29,30,32);2*1H. The molecule has 35 heavy (non-hydrogen) atoms. The Balaban J connectivity index is 0.00000171. The number of aromatic nitrogens is 3. The van der Waals surface area contributed by atoms with Gasteiger partial charge in [-0.3, -0.25) is 14.8 Å². The van der Waals surface area contributed by atoms with Crippen LogP contribution in [0.1, 0.15) is 29.8 Å². The molecule has 3 aromatic rings. The van der Waals surface area contributed by atoms with Gasteiger partial charge in [0.1, 0.15) is 5.82 Å². The second kappa shape index (κ2) is 12.5. The number of rotatable bonds is 6. The maximum absolute atomic E-state index is 11.6. The molecule has 5 heterocycles. The van der Waals surface area contributed by atoms with Crippen molar-refractivity contribution in [2.45, 2.75) is 43.7 Å². The van der Waals surface area contributed by atoms with Crippen molar-refractivity contribution >= 4 is 70.9 Å². The quantitative estimate of drug-likeness (QED) is 0.457. The molecule has 2 aliphatic rings. The number of anilines is 1. The minimum Gasteiger partial charge on any atom is -0.309 e. The monoisotopic (exact) mass is 554 g/mol. The molecule has 0 spiro atoms. The van der Waals surface area contributed by atoms with E-state index in [9.17, 15) is 4.79 Å². The van der Waals surface area contributed by atoms with Crippen molar-refractivity contribution in [2.24, 2.45) is 0 Å². The van der Waals surface area contributed by atoms with E-state index in [1.54, 1.807) is 18.0 Å². The number of hydrogen-bond acceptors (Lipinski definition) is 7. The molecule has 1 amide bonds. The number of likely N-dealkylation sites (tertiary alicyclic amines) is 1. The molecule has 0 atom stereocenters. The van der Waals surface area contributed by atoms with Crippen molar-refractivity contribution < 1.29 is 4.79 Å². The highest BCUT2D eigenvalue weighted by Gasteiger charge is 2.21. The van der Waals surface area contributed by atoms with Gasteiger partial charge in [-0.25, -0.2) is 4.98 Å². The zero-order valence-corrected chi connectivity index (χ0v) is 22.6. The van der Waals surface area contributed by atoms with Crippen LogP contribution in [0.4, 0.5) is 5.82 Å². The van der Waals surface area contributed by atoms with Gasteiger partial charge in [0.05, 0.1) is 32.4 Å². The molecule has 5 rings (SSSR count). The third-order valence-electron chi connectivity index (χ3n) is 6.27. The van der Waals surface area contributed by atoms with Gasteiger partial charge >= 0.3 is 0 Å². The number of thioether (sulfide) groups is 1. The van der Waals surface area contributed by atoms with Gasteiger partial charge in [-0.2, -0.15) is 0 Å². The van der Waals surface area contributed by atoms with E-state index in [-0.39, 0.29) is 30.7 Å². The van der Waals surface area contributed by atoms with Gasteiger partial charge in [0, 0.05) is 36.6 Å². The van der Waals surface area contributed by atoms with Crippen LogP contribution in [-0.2, 0) is 17.8 Å². The Morgan fingerprint density at radius 1 is 1.17 bits per heavy atom. The minimum absolute atomic E-state index is 0. The molecule has 11 heteroatoms. The summed E-state index contributed by atoms with van der Waals surface area (Å²) in [6.07, 6.45) is 4.81. The predicted octanol–water partition coefficient (Wildman–Crippen LogP) is 4.67. The van der Waals surface area contributed by atoms with Crippen molar-refractivity contribution in [3.63, 3.8) is 0 Å². The molecule has 7 nitrogen and oxygen atoms in total. The van der Waals surface area contributed by atoms with Crippen LogP contribution in [0.3, 0.4) is 0 Å². The van der Waals surface area contributed by atoms with E-state index in [0.29, 0.717) is 29.2 Å². The normalized spacial score (nSPS) is 16.2. The van der Waals surface area contributed by atoms with Crippen LogP contribution in [0.5, 0.6) is 0 Å². The Bertz CT molecular complexity index is 1180. The Kier molecular flexibility index (Phi) is 9.98. The van der Waals surface area contributed by atoms with Crippen molar-refractivity contribution in [1.29, 1.82) is 0 Å². The number of carbonyl (C=O) groups is 1. The summed E-state index contributed by atoms with van der Waals surface area (Å²) in [6, 6.07) is 8.57. The van der Waals surface area contributed by atoms with E-state index in [4.69, 9.17) is 16.6 Å². The fourth-order valence-corrected chi connectivity index (χ4v) is 5.40. The van der Waals surface area contributed by atoms with E-state index >= 15 is 0 Å². The lowest BCUT2D eigenvalue weighted by Gasteiger charge is -2.32. The Morgan fingerprint density at radius 2 is 1.97 bits per heavy atom. The van der Waals surface area contributed by atoms with Gasteiger partial charge in [0.25, 0.3) is 0 Å². The number of nitrogens with one attached hydrogen (secondary N) is 2. The van der Waals surface area contributed by atoms with Crippen LogP contribution in [0, 0.1) is 6.92 Å². The third-order valence-corrected chi connectivity index (χ3v) is 7.65. The molecular formula is C24H29Cl3N6OS. The van der Waals surface area contributed by atoms with E-state index < -0.39 is 0 Å². The SMILES string of the molecule is Cc1ccc2ncc(Cl)c(CCN3CCC(NCc4ccc5c(n4)NC(=O)CS5)CC3)c2n1.Cl.Cl. The number of halogens is 3. The smallest absolute Gasteiger partial charge is 0.235 e. The number of piperidine rings is 1. The number of pyridine rings is 3. The fraction of sp³-hybridized carbons (Fsp3) is 0.417. The largest absolute Gasteiger partial charge is 0.309 e. The summed E-state index contributed by atoms with van der Waals surface area (Å²) in [5.74, 6) is 1.17. The lowest BCUT2D eigenvalue weighted by Crippen LogP contribution is -2.43. The molecular weight excluding hydrogens is 527 g/mol. The highest BCUT2D eigenvalue weighted by Crippen LogP contribution is 2.29. The zero-order chi connectivity index (χ0) is 22.8. The van der Waals surface area contributed by atoms with Gasteiger partial charge in [-0.15, -0.1) is 36.6 Å². The first-order valence-electron chi connectivity index (χ1n) is 11.3. The average molecular weight is 556 g/mol. The maximum atomic E-state index is 11.6. The molecule has 0 unspecified atom stereocenters. The number of carbonyl (C=O) groups excluding carboxylic acids is 1. The summed E-state index contributed by atoms with van der Waals surface area (Å²) in [5, 5.41) is 7.21. The Hall–Kier alpha value is -1.68. The maximum Gasteiger partial charge on any atom is 0.235 e. The molecule has 188 valence electrons. The number of hydrogen-bond donors (Lipinski definition) is 2. The lowest BCUT2D eigenvalue weighted by atomic mass is 10.0. The highest BCUT2D eigenvalue weighted by molar-refractivity contribution is 8.00. The first-order chi connectivity index (χ1) is 16.0. The number of nitrogens with zero attached hydrogens (tertiary/aromatic N) is 4. The van der Waals surface area contributed by atoms with Crippen molar-refractivity contribution in [3.05, 3.63) is 52.4 Å². The average Bonchev–Trinajstić information content (AvgIpc) is 2.82. The predicted molar refractivity (Wildman–Crippen MR) is 147 cm³/mol. The topological polar surface area (TPSA) is 83.0 Å². The van der Waals surface area contributed by atoms with Gasteiger partial charge < -0.3 is 15.5 Å². The first kappa shape index (κ1) is 27.9. The summed E-state index contributed by atoms with van der Waals surface area (Å²) in [5.41, 5.74) is 4.85. The van der Waals surface area contributed by atoms with Crippen LogP contribution >= 0.6 is 48.2 Å². The molecule has 1 fully saturated rings. The van der Waals surface area contributed by atoms with E-state index in [2.05, 4.69) is 31.6 Å². The number of fused-ring (bicyclic) bond motifs is 2. The summed E-state index contributed by atoms with van der Waals surface area (Å²) in [7, 11) is 0. The Morgan fingerprint density at radius 3 is 2.77 bits per heavy atom. The zero-order valence-electron chi connectivity index (χ0n) is 19.4. The van der Waals surface area contributed by atoms with Crippen LogP contribution in [0.15, 0.2) is 35.4 Å². The summed E-state index contributed by atoms with van der Waals surface area (Å²) >= 11 is 8.03. The van der Waals surface area contributed by atoms with E-state index in [1.165, 1.54) is 0 Å². The van der Waals surface area contributed by atoms with Crippen LogP contribution in [0.25, 0.3) is 11.0 Å². The van der Waals surface area contributed by atoms with Gasteiger partial charge in [-0.1, -0.05) is 11.6 Å². The Labute approximate surface area is 227 Å². The molecule has 1 saturated heterocycles. The van der Waals surface area contributed by atoms with Crippen molar-refractivity contribution in [2.75, 3.05) is 30.7 Å². The molecule has 0 radical (unpaired) electrons. The van der Waals surface area contributed by atoms with Crippen LogP contribution < -0.4 is 10.6 Å². The lowest BCUT2D eigenvalue weighted by molar-refractivity contribution is -0.113. The summed E-state index contributed by atoms with van der Waals surface area (Å²) in [6.45, 7) is 5.77. The molecule has 3 aromatic heterocycles. The van der Waals surface area contributed by atoms with Gasteiger partial charge in [-0.05, 0) is 63.5 Å². The summed E-state index contributed by atoms with van der Waals surface area (Å²) < 4.78 is 0. The van der Waals surface area contributed by atoms with Gasteiger partial charge in [0.15, 0.2) is 0 Å². The van der Waals surface area contributed by atoms with Crippen LogP contribution in [-0.4, -0.2) is 57.2 Å². The summed E-state index contributed by atoms with van der Waals surface area (Å²) in [4.78, 5) is 28.9. The molecule has 2 N–H and O–H groups in total. The van der Waals surface area contributed by atoms with E-state index in [0.717, 1.165) is 71.8 Å². The fourth-order valence-electron chi connectivity index (χ4n) is 4.41. The highest BCUT2D eigenvalue weighted by atomic mass is 35.5. The number of amides is 1.